The molecule has 2 heterocycles. The molecule has 0 radical (unpaired) electrons. The van der Waals surface area contributed by atoms with Crippen molar-refractivity contribution in [3.05, 3.63) is 22.6 Å². The molecule has 0 bridgehead atoms. The van der Waals surface area contributed by atoms with Crippen molar-refractivity contribution in [3.63, 3.8) is 0 Å². The molecule has 1 unspecified atom stereocenters. The summed E-state index contributed by atoms with van der Waals surface area (Å²) in [6.07, 6.45) is 13.8. The van der Waals surface area contributed by atoms with Gasteiger partial charge in [0, 0.05) is 36.6 Å². The van der Waals surface area contributed by atoms with Crippen molar-refractivity contribution >= 4 is 17.7 Å². The molecule has 2 aliphatic carbocycles. The van der Waals surface area contributed by atoms with Crippen LogP contribution in [0.4, 0.5) is 0 Å². The zero-order chi connectivity index (χ0) is 17.9. The predicted molar refractivity (Wildman–Crippen MR) is 103 cm³/mol. The van der Waals surface area contributed by atoms with E-state index < -0.39 is 0 Å². The summed E-state index contributed by atoms with van der Waals surface area (Å²) in [5.41, 5.74) is -0.0399. The van der Waals surface area contributed by atoms with Crippen LogP contribution in [-0.2, 0) is 11.3 Å². The topological polar surface area (TPSA) is 55.2 Å². The number of carbonyl (C=O) groups is 1. The Kier molecular flexibility index (Phi) is 5.67. The van der Waals surface area contributed by atoms with E-state index in [1.54, 1.807) is 22.5 Å². The second-order valence-electron chi connectivity index (χ2n) is 8.01. The van der Waals surface area contributed by atoms with Crippen molar-refractivity contribution in [2.24, 2.45) is 5.92 Å². The van der Waals surface area contributed by atoms with Crippen LogP contribution in [0, 0.1) is 5.92 Å². The van der Waals surface area contributed by atoms with Crippen LogP contribution in [0.5, 0.6) is 0 Å². The monoisotopic (exact) mass is 375 g/mol. The van der Waals surface area contributed by atoms with Crippen molar-refractivity contribution in [2.75, 3.05) is 5.75 Å². The number of hydrogen-bond donors (Lipinski definition) is 0. The highest BCUT2D eigenvalue weighted by Crippen LogP contribution is 2.33. The van der Waals surface area contributed by atoms with E-state index in [0.717, 1.165) is 36.6 Å². The highest BCUT2D eigenvalue weighted by atomic mass is 32.2. The van der Waals surface area contributed by atoms with Gasteiger partial charge in [-0.15, -0.1) is 0 Å². The van der Waals surface area contributed by atoms with Crippen molar-refractivity contribution in [3.8, 4) is 0 Å². The van der Waals surface area contributed by atoms with Crippen LogP contribution in [-0.4, -0.2) is 38.2 Å². The fourth-order valence-electron chi connectivity index (χ4n) is 4.89. The van der Waals surface area contributed by atoms with Gasteiger partial charge in [-0.05, 0) is 25.7 Å². The number of amides is 1. The Morgan fingerprint density at radius 1 is 1.04 bits per heavy atom. The van der Waals surface area contributed by atoms with Crippen LogP contribution in [0.2, 0.25) is 0 Å². The van der Waals surface area contributed by atoms with Crippen LogP contribution in [0.3, 0.4) is 0 Å². The normalized spacial score (nSPS) is 24.8. The Hall–Kier alpha value is -1.30. The summed E-state index contributed by atoms with van der Waals surface area (Å²) < 4.78 is 1.69. The highest BCUT2D eigenvalue weighted by Gasteiger charge is 2.37. The number of hydrogen-bond acceptors (Lipinski definition) is 4. The summed E-state index contributed by atoms with van der Waals surface area (Å²) in [5.74, 6) is 0.932. The highest BCUT2D eigenvalue weighted by molar-refractivity contribution is 7.99. The van der Waals surface area contributed by atoms with E-state index in [1.807, 2.05) is 0 Å². The van der Waals surface area contributed by atoms with Crippen molar-refractivity contribution in [2.45, 2.75) is 88.0 Å². The molecule has 0 spiro atoms. The molecule has 2 saturated carbocycles. The van der Waals surface area contributed by atoms with Gasteiger partial charge in [-0.3, -0.25) is 14.2 Å². The largest absolute Gasteiger partial charge is 0.336 e. The Labute approximate surface area is 159 Å². The third kappa shape index (κ3) is 3.71. The molecule has 4 rings (SSSR count). The second-order valence-corrected chi connectivity index (χ2v) is 9.00. The van der Waals surface area contributed by atoms with Crippen LogP contribution in [0.25, 0.3) is 0 Å². The van der Waals surface area contributed by atoms with Crippen LogP contribution < -0.4 is 5.56 Å². The zero-order valence-corrected chi connectivity index (χ0v) is 16.3. The summed E-state index contributed by atoms with van der Waals surface area (Å²) in [7, 11) is 0. The molecular formula is C20H29N3O2S. The zero-order valence-electron chi connectivity index (χ0n) is 15.4. The molecule has 5 nitrogen and oxygen atoms in total. The molecule has 1 aromatic rings. The summed E-state index contributed by atoms with van der Waals surface area (Å²) >= 11 is 1.55. The number of rotatable bonds is 3. The van der Waals surface area contributed by atoms with Gasteiger partial charge in [-0.1, -0.05) is 50.3 Å². The van der Waals surface area contributed by atoms with Gasteiger partial charge in [0.25, 0.3) is 5.56 Å². The molecule has 1 atom stereocenters. The lowest BCUT2D eigenvalue weighted by molar-refractivity contribution is -0.142. The smallest absolute Gasteiger partial charge is 0.254 e. The number of nitrogens with zero attached hydrogens (tertiary/aromatic N) is 3. The predicted octanol–water partition coefficient (Wildman–Crippen LogP) is 3.46. The third-order valence-corrected chi connectivity index (χ3v) is 7.41. The molecule has 0 N–H and O–H groups in total. The number of thioether (sulfide) groups is 1. The Bertz CT molecular complexity index is 675. The van der Waals surface area contributed by atoms with Gasteiger partial charge in [0.15, 0.2) is 5.16 Å². The first-order valence-electron chi connectivity index (χ1n) is 10.2. The second kappa shape index (κ2) is 8.15. The quantitative estimate of drug-likeness (QED) is 0.759. The molecule has 2 fully saturated rings. The van der Waals surface area contributed by atoms with E-state index in [0.29, 0.717) is 18.6 Å². The molecular weight excluding hydrogens is 346 g/mol. The fourth-order valence-corrected chi connectivity index (χ4v) is 5.94. The lowest BCUT2D eigenvalue weighted by Crippen LogP contribution is -2.52. The Morgan fingerprint density at radius 3 is 2.27 bits per heavy atom. The summed E-state index contributed by atoms with van der Waals surface area (Å²) in [4.78, 5) is 32.4. The number of fused-ring (bicyclic) bond motifs is 1. The maximum absolute atomic E-state index is 13.6. The van der Waals surface area contributed by atoms with Crippen LogP contribution in [0.15, 0.2) is 22.2 Å². The molecule has 26 heavy (non-hydrogen) atoms. The van der Waals surface area contributed by atoms with Crippen LogP contribution >= 0.6 is 11.8 Å². The molecule has 1 aromatic heterocycles. The maximum Gasteiger partial charge on any atom is 0.254 e. The summed E-state index contributed by atoms with van der Waals surface area (Å²) in [5, 5.41) is 0.753. The molecule has 6 heteroatoms. The third-order valence-electron chi connectivity index (χ3n) is 6.26. The van der Waals surface area contributed by atoms with Gasteiger partial charge in [-0.25, -0.2) is 4.98 Å². The molecule has 142 valence electrons. The first-order chi connectivity index (χ1) is 12.7. The molecule has 3 aliphatic rings. The summed E-state index contributed by atoms with van der Waals surface area (Å²) in [6, 6.07) is 2.32. The first kappa shape index (κ1) is 18.1. The number of carbonyl (C=O) groups excluding carboxylic acids is 1. The fraction of sp³-hybridized carbons (Fsp3) is 0.750. The average Bonchev–Trinajstić information content (AvgIpc) is 2.70. The van der Waals surface area contributed by atoms with Gasteiger partial charge in [-0.2, -0.15) is 0 Å². The maximum atomic E-state index is 13.6. The van der Waals surface area contributed by atoms with Gasteiger partial charge in [0.1, 0.15) is 0 Å². The van der Waals surface area contributed by atoms with E-state index in [1.165, 1.54) is 44.6 Å². The lowest BCUT2D eigenvalue weighted by atomic mass is 9.87. The molecule has 1 amide bonds. The minimum Gasteiger partial charge on any atom is -0.336 e. The Balaban J connectivity index is 1.56. The van der Waals surface area contributed by atoms with E-state index in [-0.39, 0.29) is 17.4 Å². The molecule has 0 aromatic carbocycles. The van der Waals surface area contributed by atoms with E-state index in [2.05, 4.69) is 9.88 Å². The van der Waals surface area contributed by atoms with Gasteiger partial charge in [0.05, 0.1) is 5.92 Å². The lowest BCUT2D eigenvalue weighted by Gasteiger charge is -2.43. The minimum atomic E-state index is -0.0988. The Morgan fingerprint density at radius 2 is 1.65 bits per heavy atom. The SMILES string of the molecule is O=C(C1CSc2nccc(=O)n2C1)N(C1CCCCC1)C1CCCCC1. The van der Waals surface area contributed by atoms with Crippen molar-refractivity contribution < 1.29 is 4.79 Å². The minimum absolute atomic E-state index is 0.0399. The number of aromatic nitrogens is 2. The first-order valence-corrected chi connectivity index (χ1v) is 11.2. The summed E-state index contributed by atoms with van der Waals surface area (Å²) in [6.45, 7) is 0.490. The van der Waals surface area contributed by atoms with Gasteiger partial charge < -0.3 is 4.90 Å². The van der Waals surface area contributed by atoms with Crippen molar-refractivity contribution in [1.82, 2.24) is 14.5 Å². The van der Waals surface area contributed by atoms with Crippen molar-refractivity contribution in [1.29, 1.82) is 0 Å². The van der Waals surface area contributed by atoms with Gasteiger partial charge >= 0.3 is 0 Å². The molecule has 1 aliphatic heterocycles. The van der Waals surface area contributed by atoms with E-state index in [4.69, 9.17) is 0 Å². The van der Waals surface area contributed by atoms with Crippen LogP contribution in [0.1, 0.15) is 64.2 Å². The molecule has 0 saturated heterocycles. The standard InChI is InChI=1S/C20H29N3O2S/c24-18-11-12-21-20-22(18)13-15(14-26-20)19(25)23(16-7-3-1-4-8-16)17-9-5-2-6-10-17/h11-12,15-17H,1-10,13-14H2. The average molecular weight is 376 g/mol. The van der Waals surface area contributed by atoms with E-state index in [9.17, 15) is 9.59 Å². The van der Waals surface area contributed by atoms with Gasteiger partial charge in [0.2, 0.25) is 5.91 Å². The van der Waals surface area contributed by atoms with E-state index >= 15 is 0 Å².